The molecule has 1 atom stereocenters. The van der Waals surface area contributed by atoms with Gasteiger partial charge in [-0.2, -0.15) is 0 Å². The summed E-state index contributed by atoms with van der Waals surface area (Å²) in [5, 5.41) is 10.1. The van der Waals surface area contributed by atoms with Gasteiger partial charge in [-0.15, -0.1) is 0 Å². The fourth-order valence-electron chi connectivity index (χ4n) is 1.99. The van der Waals surface area contributed by atoms with Crippen LogP contribution in [0.1, 0.15) is 42.6 Å². The maximum atomic E-state index is 13.6. The summed E-state index contributed by atoms with van der Waals surface area (Å²) in [4.78, 5) is 0. The van der Waals surface area contributed by atoms with Gasteiger partial charge in [0.1, 0.15) is 6.10 Å². The van der Waals surface area contributed by atoms with E-state index in [4.69, 9.17) is 0 Å². The van der Waals surface area contributed by atoms with Crippen LogP contribution in [0.4, 0.5) is 13.2 Å². The van der Waals surface area contributed by atoms with E-state index in [9.17, 15) is 18.3 Å². The second-order valence-electron chi connectivity index (χ2n) is 4.99. The number of hydrogen-bond acceptors (Lipinski definition) is 1. The van der Waals surface area contributed by atoms with E-state index in [1.165, 1.54) is 0 Å². The van der Waals surface area contributed by atoms with Crippen molar-refractivity contribution in [3.63, 3.8) is 0 Å². The Morgan fingerprint density at radius 2 is 1.35 bits per heavy atom. The van der Waals surface area contributed by atoms with Gasteiger partial charge in [-0.1, -0.05) is 44.2 Å². The van der Waals surface area contributed by atoms with Crippen LogP contribution in [0.15, 0.2) is 36.4 Å². The predicted octanol–water partition coefficient (Wildman–Crippen LogP) is 4.31. The Balaban J connectivity index is 2.36. The third-order valence-corrected chi connectivity index (χ3v) is 3.28. The first-order chi connectivity index (χ1) is 9.41. The first-order valence-electron chi connectivity index (χ1n) is 6.33. The van der Waals surface area contributed by atoms with E-state index in [2.05, 4.69) is 0 Å². The average Bonchev–Trinajstić information content (AvgIpc) is 2.44. The largest absolute Gasteiger partial charge is 0.384 e. The molecule has 0 amide bonds. The fourth-order valence-corrected chi connectivity index (χ4v) is 1.99. The van der Waals surface area contributed by atoms with E-state index in [0.29, 0.717) is 11.5 Å². The van der Waals surface area contributed by atoms with Crippen LogP contribution < -0.4 is 0 Å². The summed E-state index contributed by atoms with van der Waals surface area (Å²) >= 11 is 0. The van der Waals surface area contributed by atoms with Gasteiger partial charge in [0.15, 0.2) is 17.5 Å². The highest BCUT2D eigenvalue weighted by molar-refractivity contribution is 5.34. The summed E-state index contributed by atoms with van der Waals surface area (Å²) in [6, 6.07) is 8.80. The van der Waals surface area contributed by atoms with Crippen molar-refractivity contribution in [3.05, 3.63) is 70.5 Å². The highest BCUT2D eigenvalue weighted by Crippen LogP contribution is 2.27. The standard InChI is InChI=1S/C16H15F3O/c1-9(2)10-3-5-11(6-4-10)16(20)12-7-8-13(17)15(19)14(12)18/h3-9,16,20H,1-2H3. The van der Waals surface area contributed by atoms with Crippen molar-refractivity contribution in [2.45, 2.75) is 25.9 Å². The lowest BCUT2D eigenvalue weighted by Crippen LogP contribution is -2.06. The van der Waals surface area contributed by atoms with Gasteiger partial charge in [-0.05, 0) is 23.1 Å². The van der Waals surface area contributed by atoms with Gasteiger partial charge in [0, 0.05) is 5.56 Å². The molecular formula is C16H15F3O. The number of aliphatic hydroxyl groups is 1. The lowest BCUT2D eigenvalue weighted by Gasteiger charge is -2.14. The monoisotopic (exact) mass is 280 g/mol. The van der Waals surface area contributed by atoms with Crippen LogP contribution in [-0.2, 0) is 0 Å². The van der Waals surface area contributed by atoms with Crippen molar-refractivity contribution in [1.29, 1.82) is 0 Å². The first-order valence-corrected chi connectivity index (χ1v) is 6.33. The molecule has 0 radical (unpaired) electrons. The maximum absolute atomic E-state index is 13.6. The van der Waals surface area contributed by atoms with Crippen LogP contribution >= 0.6 is 0 Å². The minimum Gasteiger partial charge on any atom is -0.384 e. The average molecular weight is 280 g/mol. The Labute approximate surface area is 115 Å². The number of aliphatic hydroxyl groups excluding tert-OH is 1. The zero-order chi connectivity index (χ0) is 14.9. The molecule has 0 aliphatic carbocycles. The highest BCUT2D eigenvalue weighted by Gasteiger charge is 2.20. The van der Waals surface area contributed by atoms with Crippen molar-refractivity contribution in [2.75, 3.05) is 0 Å². The van der Waals surface area contributed by atoms with Crippen molar-refractivity contribution in [3.8, 4) is 0 Å². The second kappa shape index (κ2) is 5.67. The summed E-state index contributed by atoms with van der Waals surface area (Å²) in [6.45, 7) is 4.06. The van der Waals surface area contributed by atoms with E-state index in [1.807, 2.05) is 26.0 Å². The Morgan fingerprint density at radius 1 is 0.800 bits per heavy atom. The summed E-state index contributed by atoms with van der Waals surface area (Å²) in [5.74, 6) is -3.86. The molecule has 0 aliphatic rings. The van der Waals surface area contributed by atoms with Gasteiger partial charge in [0.25, 0.3) is 0 Å². The summed E-state index contributed by atoms with van der Waals surface area (Å²) in [7, 11) is 0. The van der Waals surface area contributed by atoms with Crippen molar-refractivity contribution in [1.82, 2.24) is 0 Å². The molecule has 1 nitrogen and oxygen atoms in total. The summed E-state index contributed by atoms with van der Waals surface area (Å²) < 4.78 is 39.7. The van der Waals surface area contributed by atoms with E-state index < -0.39 is 23.6 Å². The molecule has 1 unspecified atom stereocenters. The van der Waals surface area contributed by atoms with Crippen LogP contribution in [0.5, 0.6) is 0 Å². The molecular weight excluding hydrogens is 265 g/mol. The van der Waals surface area contributed by atoms with Gasteiger partial charge >= 0.3 is 0 Å². The molecule has 0 heterocycles. The van der Waals surface area contributed by atoms with Crippen molar-refractivity contribution >= 4 is 0 Å². The topological polar surface area (TPSA) is 20.2 Å². The zero-order valence-electron chi connectivity index (χ0n) is 11.2. The molecule has 106 valence electrons. The van der Waals surface area contributed by atoms with Gasteiger partial charge in [0.05, 0.1) is 0 Å². The maximum Gasteiger partial charge on any atom is 0.194 e. The molecule has 0 bridgehead atoms. The number of benzene rings is 2. The third kappa shape index (κ3) is 2.70. The number of rotatable bonds is 3. The van der Waals surface area contributed by atoms with Crippen LogP contribution in [0.25, 0.3) is 0 Å². The Morgan fingerprint density at radius 3 is 1.90 bits per heavy atom. The van der Waals surface area contributed by atoms with E-state index in [-0.39, 0.29) is 5.56 Å². The molecule has 20 heavy (non-hydrogen) atoms. The molecule has 1 N–H and O–H groups in total. The number of halogens is 3. The van der Waals surface area contributed by atoms with Gasteiger partial charge < -0.3 is 5.11 Å². The molecule has 0 saturated carbocycles. The Bertz CT molecular complexity index is 606. The minimum atomic E-state index is -1.57. The summed E-state index contributed by atoms with van der Waals surface area (Å²) in [6.07, 6.45) is -1.33. The van der Waals surface area contributed by atoms with Gasteiger partial charge in [-0.3, -0.25) is 0 Å². The first kappa shape index (κ1) is 14.6. The molecule has 0 spiro atoms. The Kier molecular flexibility index (Phi) is 4.14. The van der Waals surface area contributed by atoms with Gasteiger partial charge in [-0.25, -0.2) is 13.2 Å². The molecule has 0 aliphatic heterocycles. The second-order valence-corrected chi connectivity index (χ2v) is 4.99. The number of hydrogen-bond donors (Lipinski definition) is 1. The molecule has 4 heteroatoms. The van der Waals surface area contributed by atoms with E-state index in [0.717, 1.165) is 17.7 Å². The normalized spacial score (nSPS) is 12.8. The van der Waals surface area contributed by atoms with Crippen LogP contribution in [0.2, 0.25) is 0 Å². The highest BCUT2D eigenvalue weighted by atomic mass is 19.2. The lowest BCUT2D eigenvalue weighted by molar-refractivity contribution is 0.212. The van der Waals surface area contributed by atoms with Gasteiger partial charge in [0.2, 0.25) is 0 Å². The molecule has 2 rings (SSSR count). The lowest BCUT2D eigenvalue weighted by atomic mass is 9.96. The smallest absolute Gasteiger partial charge is 0.194 e. The molecule has 0 aromatic heterocycles. The third-order valence-electron chi connectivity index (χ3n) is 3.28. The minimum absolute atomic E-state index is 0.277. The van der Waals surface area contributed by atoms with Crippen molar-refractivity contribution < 1.29 is 18.3 Å². The fraction of sp³-hybridized carbons (Fsp3) is 0.250. The molecule has 2 aromatic carbocycles. The molecule has 0 fully saturated rings. The van der Waals surface area contributed by atoms with Crippen LogP contribution in [0.3, 0.4) is 0 Å². The van der Waals surface area contributed by atoms with Crippen molar-refractivity contribution in [2.24, 2.45) is 0 Å². The predicted molar refractivity (Wildman–Crippen MR) is 70.9 cm³/mol. The molecule has 2 aromatic rings. The van der Waals surface area contributed by atoms with E-state index in [1.54, 1.807) is 12.1 Å². The Hall–Kier alpha value is -1.81. The van der Waals surface area contributed by atoms with Crippen LogP contribution in [0, 0.1) is 17.5 Å². The van der Waals surface area contributed by atoms with Crippen LogP contribution in [-0.4, -0.2) is 5.11 Å². The quantitative estimate of drug-likeness (QED) is 0.831. The SMILES string of the molecule is CC(C)c1ccc(C(O)c2ccc(F)c(F)c2F)cc1. The zero-order valence-corrected chi connectivity index (χ0v) is 11.2. The molecule has 0 saturated heterocycles. The van der Waals surface area contributed by atoms with E-state index >= 15 is 0 Å². The summed E-state index contributed by atoms with van der Waals surface area (Å²) in [5.41, 5.74) is 1.23.